The fraction of sp³-hybridized carbons (Fsp3) is 0.125. The highest BCUT2D eigenvalue weighted by molar-refractivity contribution is 6.09. The summed E-state index contributed by atoms with van der Waals surface area (Å²) in [5.41, 5.74) is 1.24. The predicted molar refractivity (Wildman–Crippen MR) is 78.7 cm³/mol. The van der Waals surface area contributed by atoms with E-state index in [-0.39, 0.29) is 29.4 Å². The van der Waals surface area contributed by atoms with Crippen LogP contribution in [0.2, 0.25) is 0 Å². The smallest absolute Gasteiger partial charge is 0.309 e. The minimum Gasteiger partial charge on any atom is -0.469 e. The van der Waals surface area contributed by atoms with Crippen LogP contribution in [-0.4, -0.2) is 23.8 Å². The Balaban J connectivity index is 2.21. The largest absolute Gasteiger partial charge is 0.469 e. The highest BCUT2D eigenvalue weighted by Crippen LogP contribution is 2.17. The van der Waals surface area contributed by atoms with E-state index in [0.717, 1.165) is 5.56 Å². The lowest BCUT2D eigenvalue weighted by atomic mass is 10.0. The number of rotatable bonds is 5. The molecule has 0 aliphatic rings. The first-order valence-corrected chi connectivity index (χ1v) is 6.46. The third-order valence-electron chi connectivity index (χ3n) is 3.11. The Kier molecular flexibility index (Phi) is 4.63. The summed E-state index contributed by atoms with van der Waals surface area (Å²) in [5, 5.41) is 10.7. The molecule has 0 unspecified atom stereocenters. The van der Waals surface area contributed by atoms with Gasteiger partial charge in [-0.15, -0.1) is 0 Å². The van der Waals surface area contributed by atoms with E-state index in [1.165, 1.54) is 31.4 Å². The quantitative estimate of drug-likeness (QED) is 0.366. The van der Waals surface area contributed by atoms with Crippen LogP contribution in [0.5, 0.6) is 0 Å². The first-order valence-electron chi connectivity index (χ1n) is 6.46. The summed E-state index contributed by atoms with van der Waals surface area (Å²) in [6.07, 6.45) is 0.127. The normalized spacial score (nSPS) is 10.0. The van der Waals surface area contributed by atoms with Gasteiger partial charge in [-0.3, -0.25) is 19.7 Å². The van der Waals surface area contributed by atoms with Gasteiger partial charge in [0, 0.05) is 23.3 Å². The van der Waals surface area contributed by atoms with E-state index in [0.29, 0.717) is 5.56 Å². The van der Waals surface area contributed by atoms with E-state index in [4.69, 9.17) is 0 Å². The molecule has 0 aromatic heterocycles. The van der Waals surface area contributed by atoms with Gasteiger partial charge in [0.25, 0.3) is 5.69 Å². The van der Waals surface area contributed by atoms with Crippen molar-refractivity contribution >= 4 is 17.4 Å². The molecular formula is C16H13NO5. The first-order chi connectivity index (χ1) is 10.5. The van der Waals surface area contributed by atoms with E-state index in [9.17, 15) is 19.7 Å². The number of benzene rings is 2. The molecule has 2 aromatic rings. The molecule has 0 bridgehead atoms. The summed E-state index contributed by atoms with van der Waals surface area (Å²) in [6, 6.07) is 12.0. The number of carbonyl (C=O) groups is 2. The van der Waals surface area contributed by atoms with Gasteiger partial charge in [0.15, 0.2) is 5.78 Å². The van der Waals surface area contributed by atoms with Crippen molar-refractivity contribution in [3.05, 3.63) is 75.3 Å². The molecule has 0 N–H and O–H groups in total. The van der Waals surface area contributed by atoms with Gasteiger partial charge in [0.2, 0.25) is 0 Å². The number of carbonyl (C=O) groups excluding carboxylic acids is 2. The number of ketones is 1. The number of hydrogen-bond donors (Lipinski definition) is 0. The molecule has 2 aromatic carbocycles. The van der Waals surface area contributed by atoms with Gasteiger partial charge < -0.3 is 4.74 Å². The van der Waals surface area contributed by atoms with E-state index in [1.54, 1.807) is 24.3 Å². The number of nitro groups is 1. The third-order valence-corrected chi connectivity index (χ3v) is 3.11. The summed E-state index contributed by atoms with van der Waals surface area (Å²) < 4.78 is 4.57. The lowest BCUT2D eigenvalue weighted by Gasteiger charge is -2.04. The van der Waals surface area contributed by atoms with Crippen LogP contribution in [0.4, 0.5) is 5.69 Å². The van der Waals surface area contributed by atoms with Crippen molar-refractivity contribution in [2.75, 3.05) is 7.11 Å². The molecule has 2 rings (SSSR count). The predicted octanol–water partition coefficient (Wildman–Crippen LogP) is 2.54. The van der Waals surface area contributed by atoms with E-state index in [2.05, 4.69) is 4.74 Å². The van der Waals surface area contributed by atoms with Crippen molar-refractivity contribution in [3.8, 4) is 0 Å². The highest BCUT2D eigenvalue weighted by Gasteiger charge is 2.13. The summed E-state index contributed by atoms with van der Waals surface area (Å²) >= 11 is 0. The van der Waals surface area contributed by atoms with Gasteiger partial charge in [-0.05, 0) is 5.56 Å². The number of nitro benzene ring substituents is 1. The average molecular weight is 299 g/mol. The van der Waals surface area contributed by atoms with Crippen molar-refractivity contribution in [2.24, 2.45) is 0 Å². The van der Waals surface area contributed by atoms with Crippen molar-refractivity contribution in [2.45, 2.75) is 6.42 Å². The molecule has 6 nitrogen and oxygen atoms in total. The van der Waals surface area contributed by atoms with E-state index in [1.807, 2.05) is 0 Å². The zero-order valence-corrected chi connectivity index (χ0v) is 11.8. The van der Waals surface area contributed by atoms with Gasteiger partial charge in [0.1, 0.15) is 0 Å². The molecule has 0 fully saturated rings. The van der Waals surface area contributed by atoms with Crippen LogP contribution in [0.15, 0.2) is 48.5 Å². The van der Waals surface area contributed by atoms with Gasteiger partial charge >= 0.3 is 5.97 Å². The number of methoxy groups -OCH3 is 1. The van der Waals surface area contributed by atoms with Crippen LogP contribution in [-0.2, 0) is 16.0 Å². The number of esters is 1. The summed E-state index contributed by atoms with van der Waals surface area (Å²) in [5.74, 6) is -0.675. The maximum absolute atomic E-state index is 12.3. The molecule has 0 aliphatic carbocycles. The molecule has 0 radical (unpaired) electrons. The molecule has 0 amide bonds. The molecule has 112 valence electrons. The number of nitrogens with zero attached hydrogens (tertiary/aromatic N) is 1. The van der Waals surface area contributed by atoms with Crippen molar-refractivity contribution in [1.82, 2.24) is 0 Å². The molecule has 0 aliphatic heterocycles. The Morgan fingerprint density at radius 1 is 1.09 bits per heavy atom. The average Bonchev–Trinajstić information content (AvgIpc) is 2.55. The molecule has 0 atom stereocenters. The molecule has 0 heterocycles. The Labute approximate surface area is 126 Å². The number of ether oxygens (including phenoxy) is 1. The Hall–Kier alpha value is -3.02. The van der Waals surface area contributed by atoms with Crippen molar-refractivity contribution in [1.29, 1.82) is 0 Å². The number of hydrogen-bond acceptors (Lipinski definition) is 5. The fourth-order valence-corrected chi connectivity index (χ4v) is 1.94. The lowest BCUT2D eigenvalue weighted by Crippen LogP contribution is -2.06. The SMILES string of the molecule is COC(=O)Cc1ccc(C(=O)c2cccc([N+](=O)[O-])c2)cc1. The third kappa shape index (κ3) is 3.54. The van der Waals surface area contributed by atoms with Crippen molar-refractivity contribution in [3.63, 3.8) is 0 Å². The Morgan fingerprint density at radius 2 is 1.77 bits per heavy atom. The Bertz CT molecular complexity index is 722. The molecular weight excluding hydrogens is 286 g/mol. The standard InChI is InChI=1S/C16H13NO5/c1-22-15(18)9-11-5-7-12(8-6-11)16(19)13-3-2-4-14(10-13)17(20)21/h2-8,10H,9H2,1H3. The second-order valence-electron chi connectivity index (χ2n) is 4.59. The molecule has 0 spiro atoms. The van der Waals surface area contributed by atoms with Crippen LogP contribution < -0.4 is 0 Å². The zero-order valence-electron chi connectivity index (χ0n) is 11.8. The topological polar surface area (TPSA) is 86.5 Å². The molecule has 0 saturated carbocycles. The maximum Gasteiger partial charge on any atom is 0.309 e. The first kappa shape index (κ1) is 15.4. The summed E-state index contributed by atoms with van der Waals surface area (Å²) in [6.45, 7) is 0. The Morgan fingerprint density at radius 3 is 2.36 bits per heavy atom. The fourth-order valence-electron chi connectivity index (χ4n) is 1.94. The monoisotopic (exact) mass is 299 g/mol. The second kappa shape index (κ2) is 6.62. The van der Waals surface area contributed by atoms with Crippen LogP contribution in [0.3, 0.4) is 0 Å². The van der Waals surface area contributed by atoms with Gasteiger partial charge in [0.05, 0.1) is 18.5 Å². The minimum absolute atomic E-state index is 0.127. The summed E-state index contributed by atoms with van der Waals surface area (Å²) in [7, 11) is 1.31. The summed E-state index contributed by atoms with van der Waals surface area (Å²) in [4.78, 5) is 33.7. The minimum atomic E-state index is -0.545. The van der Waals surface area contributed by atoms with Crippen LogP contribution in [0.1, 0.15) is 21.5 Å². The molecule has 6 heteroatoms. The lowest BCUT2D eigenvalue weighted by molar-refractivity contribution is -0.384. The zero-order chi connectivity index (χ0) is 16.1. The van der Waals surface area contributed by atoms with Gasteiger partial charge in [-0.1, -0.05) is 36.4 Å². The van der Waals surface area contributed by atoms with Crippen LogP contribution in [0.25, 0.3) is 0 Å². The van der Waals surface area contributed by atoms with Gasteiger partial charge in [-0.2, -0.15) is 0 Å². The van der Waals surface area contributed by atoms with Crippen LogP contribution >= 0.6 is 0 Å². The van der Waals surface area contributed by atoms with E-state index >= 15 is 0 Å². The maximum atomic E-state index is 12.3. The van der Waals surface area contributed by atoms with Crippen molar-refractivity contribution < 1.29 is 19.2 Å². The van der Waals surface area contributed by atoms with E-state index < -0.39 is 4.92 Å². The van der Waals surface area contributed by atoms with Crippen LogP contribution in [0, 0.1) is 10.1 Å². The molecule has 22 heavy (non-hydrogen) atoms. The highest BCUT2D eigenvalue weighted by atomic mass is 16.6. The number of non-ortho nitro benzene ring substituents is 1. The molecule has 0 saturated heterocycles. The van der Waals surface area contributed by atoms with Gasteiger partial charge in [-0.25, -0.2) is 0 Å². The second-order valence-corrected chi connectivity index (χ2v) is 4.59.